The summed E-state index contributed by atoms with van der Waals surface area (Å²) in [7, 11) is -3.99. The van der Waals surface area contributed by atoms with Crippen molar-refractivity contribution < 1.29 is 13.2 Å². The van der Waals surface area contributed by atoms with Crippen LogP contribution in [0.4, 0.5) is 5.69 Å². The van der Waals surface area contributed by atoms with Crippen molar-refractivity contribution in [2.45, 2.75) is 38.5 Å². The number of nitrogens with zero attached hydrogens (tertiary/aromatic N) is 2. The lowest BCUT2D eigenvalue weighted by Crippen LogP contribution is -2.28. The molecule has 1 unspecified atom stereocenters. The predicted molar refractivity (Wildman–Crippen MR) is 146 cm³/mol. The summed E-state index contributed by atoms with van der Waals surface area (Å²) in [5, 5.41) is 2.92. The zero-order chi connectivity index (χ0) is 25.6. The Morgan fingerprint density at radius 3 is 2.54 bits per heavy atom. The van der Waals surface area contributed by atoms with Crippen LogP contribution in [-0.4, -0.2) is 29.6 Å². The van der Waals surface area contributed by atoms with E-state index in [0.29, 0.717) is 17.6 Å². The number of carbonyl (C=O) groups is 1. The fraction of sp³-hybridized carbons (Fsp3) is 0.240. The van der Waals surface area contributed by atoms with Gasteiger partial charge in [-0.15, -0.1) is 0 Å². The number of carbonyl (C=O) groups excluding carboxylic acids is 1. The number of hydrogen-bond acceptors (Lipinski definition) is 6. The van der Waals surface area contributed by atoms with Crippen LogP contribution in [0.1, 0.15) is 48.2 Å². The van der Waals surface area contributed by atoms with E-state index in [9.17, 15) is 13.2 Å². The molecule has 1 aromatic heterocycles. The summed E-state index contributed by atoms with van der Waals surface area (Å²) in [6.07, 6.45) is 0. The number of halogens is 1. The number of anilines is 1. The van der Waals surface area contributed by atoms with E-state index < -0.39 is 10.0 Å². The second kappa shape index (κ2) is 11.7. The van der Waals surface area contributed by atoms with E-state index in [4.69, 9.17) is 0 Å². The molecule has 0 aliphatic carbocycles. The van der Waals surface area contributed by atoms with Gasteiger partial charge in [0.05, 0.1) is 23.0 Å². The normalized spacial score (nSPS) is 11.9. The van der Waals surface area contributed by atoms with Gasteiger partial charge in [-0.1, -0.05) is 61.0 Å². The maximum atomic E-state index is 13.2. The summed E-state index contributed by atoms with van der Waals surface area (Å²) in [4.78, 5) is 13.0. The highest BCUT2D eigenvalue weighted by atomic mass is 79.9. The van der Waals surface area contributed by atoms with Crippen LogP contribution in [0.3, 0.4) is 0 Å². The fourth-order valence-corrected chi connectivity index (χ4v) is 5.67. The standard InChI is InChI=1S/C23H21BrN4O3S2.C2H6/c1-14-9-10-18(23(29)25-13-15(2)16-5-3-6-17(24)12-16)20(11-14)28-33(30,31)21-8-4-7-19-22(21)27-32-26-19;1-2/h3-12,15,28H,13H2,1-2H3,(H,25,29);1-2H3. The van der Waals surface area contributed by atoms with Crippen molar-refractivity contribution in [1.29, 1.82) is 0 Å². The van der Waals surface area contributed by atoms with Gasteiger partial charge in [-0.25, -0.2) is 8.42 Å². The van der Waals surface area contributed by atoms with Crippen LogP contribution in [0.2, 0.25) is 0 Å². The third-order valence-electron chi connectivity index (χ3n) is 5.19. The van der Waals surface area contributed by atoms with Gasteiger partial charge < -0.3 is 5.32 Å². The molecule has 184 valence electrons. The van der Waals surface area contributed by atoms with E-state index in [1.54, 1.807) is 30.3 Å². The number of rotatable bonds is 7. The quantitative estimate of drug-likeness (QED) is 0.277. The van der Waals surface area contributed by atoms with Gasteiger partial charge in [0, 0.05) is 11.0 Å². The SMILES string of the molecule is CC.Cc1ccc(C(=O)NCC(C)c2cccc(Br)c2)c(NS(=O)(=O)c2cccc3nsnc23)c1. The van der Waals surface area contributed by atoms with Crippen LogP contribution in [0.5, 0.6) is 0 Å². The number of benzene rings is 3. The first-order chi connectivity index (χ1) is 16.7. The summed E-state index contributed by atoms with van der Waals surface area (Å²) in [5.41, 5.74) is 3.17. The van der Waals surface area contributed by atoms with Gasteiger partial charge in [0.1, 0.15) is 15.9 Å². The number of fused-ring (bicyclic) bond motifs is 1. The molecule has 1 amide bonds. The maximum Gasteiger partial charge on any atom is 0.264 e. The smallest absolute Gasteiger partial charge is 0.264 e. The Morgan fingerprint density at radius 2 is 1.80 bits per heavy atom. The van der Waals surface area contributed by atoms with Gasteiger partial charge >= 0.3 is 0 Å². The Labute approximate surface area is 218 Å². The first-order valence-corrected chi connectivity index (χ1v) is 14.1. The van der Waals surface area contributed by atoms with E-state index in [1.807, 2.05) is 52.0 Å². The molecule has 4 aromatic rings. The van der Waals surface area contributed by atoms with Gasteiger partial charge in [-0.3, -0.25) is 9.52 Å². The third kappa shape index (κ3) is 6.45. The van der Waals surface area contributed by atoms with Crippen LogP contribution in [-0.2, 0) is 10.0 Å². The van der Waals surface area contributed by atoms with Crippen LogP contribution < -0.4 is 10.0 Å². The van der Waals surface area contributed by atoms with E-state index in [-0.39, 0.29) is 28.0 Å². The summed E-state index contributed by atoms with van der Waals surface area (Å²) in [5.74, 6) is -0.283. The second-order valence-electron chi connectivity index (χ2n) is 7.71. The zero-order valence-electron chi connectivity index (χ0n) is 19.9. The summed E-state index contributed by atoms with van der Waals surface area (Å²) >= 11 is 4.41. The molecule has 0 saturated carbocycles. The Morgan fingerprint density at radius 1 is 1.06 bits per heavy atom. The van der Waals surface area contributed by atoms with E-state index in [0.717, 1.165) is 27.3 Å². The first-order valence-electron chi connectivity index (χ1n) is 11.1. The number of aromatic nitrogens is 2. The van der Waals surface area contributed by atoms with E-state index in [1.165, 1.54) is 6.07 Å². The first kappa shape index (κ1) is 26.8. The number of hydrogen-bond donors (Lipinski definition) is 2. The molecule has 0 fully saturated rings. The van der Waals surface area contributed by atoms with Crippen molar-refractivity contribution in [1.82, 2.24) is 14.1 Å². The lowest BCUT2D eigenvalue weighted by Gasteiger charge is -2.16. The second-order valence-corrected chi connectivity index (χ2v) is 10.8. The van der Waals surface area contributed by atoms with Crippen LogP contribution >= 0.6 is 27.7 Å². The third-order valence-corrected chi connectivity index (χ3v) is 7.62. The zero-order valence-corrected chi connectivity index (χ0v) is 23.1. The van der Waals surface area contributed by atoms with E-state index >= 15 is 0 Å². The minimum absolute atomic E-state index is 0.0184. The molecule has 2 N–H and O–H groups in total. The summed E-state index contributed by atoms with van der Waals surface area (Å²) in [6, 6.07) is 17.7. The minimum atomic E-state index is -3.99. The maximum absolute atomic E-state index is 13.2. The average molecular weight is 576 g/mol. The predicted octanol–water partition coefficient (Wildman–Crippen LogP) is 6.12. The topological polar surface area (TPSA) is 101 Å². The molecular weight excluding hydrogens is 548 g/mol. The number of sulfonamides is 1. The molecule has 1 atom stereocenters. The average Bonchev–Trinajstić information content (AvgIpc) is 3.32. The monoisotopic (exact) mass is 574 g/mol. The van der Waals surface area contributed by atoms with Crippen LogP contribution in [0, 0.1) is 6.92 Å². The lowest BCUT2D eigenvalue weighted by atomic mass is 10.0. The number of nitrogens with one attached hydrogen (secondary N) is 2. The van der Waals surface area contributed by atoms with Gasteiger partial charge in [0.2, 0.25) is 0 Å². The van der Waals surface area contributed by atoms with Crippen LogP contribution in [0.25, 0.3) is 11.0 Å². The highest BCUT2D eigenvalue weighted by molar-refractivity contribution is 9.10. The highest BCUT2D eigenvalue weighted by Gasteiger charge is 2.23. The molecule has 35 heavy (non-hydrogen) atoms. The van der Waals surface area contributed by atoms with Crippen molar-refractivity contribution in [3.8, 4) is 0 Å². The number of aryl methyl sites for hydroxylation is 1. The molecule has 7 nitrogen and oxygen atoms in total. The van der Waals surface area contributed by atoms with Gasteiger partial charge in [0.25, 0.3) is 15.9 Å². The van der Waals surface area contributed by atoms with Crippen molar-refractivity contribution in [2.75, 3.05) is 11.3 Å². The van der Waals surface area contributed by atoms with Gasteiger partial charge in [-0.2, -0.15) is 8.75 Å². The Kier molecular flexibility index (Phi) is 8.98. The van der Waals surface area contributed by atoms with Crippen molar-refractivity contribution in [3.63, 3.8) is 0 Å². The number of amides is 1. The molecule has 0 saturated heterocycles. The van der Waals surface area contributed by atoms with Crippen molar-refractivity contribution >= 4 is 60.3 Å². The summed E-state index contributed by atoms with van der Waals surface area (Å²) in [6.45, 7) is 8.25. The molecule has 1 heterocycles. The fourth-order valence-electron chi connectivity index (χ4n) is 3.41. The lowest BCUT2D eigenvalue weighted by molar-refractivity contribution is 0.0952. The highest BCUT2D eigenvalue weighted by Crippen LogP contribution is 2.26. The van der Waals surface area contributed by atoms with Crippen molar-refractivity contribution in [2.24, 2.45) is 0 Å². The van der Waals surface area contributed by atoms with Gasteiger partial charge in [0.15, 0.2) is 0 Å². The minimum Gasteiger partial charge on any atom is -0.351 e. The molecule has 0 aliphatic heterocycles. The Balaban J connectivity index is 0.00000167. The summed E-state index contributed by atoms with van der Waals surface area (Å²) < 4.78 is 38.1. The molecule has 0 aliphatic rings. The molecule has 4 rings (SSSR count). The molecule has 0 bridgehead atoms. The molecular formula is C25H27BrN4O3S2. The Hall–Kier alpha value is -2.82. The molecule has 10 heteroatoms. The molecule has 0 spiro atoms. The largest absolute Gasteiger partial charge is 0.351 e. The Bertz CT molecular complexity index is 1440. The van der Waals surface area contributed by atoms with Crippen molar-refractivity contribution in [3.05, 3.63) is 81.8 Å². The molecule has 0 radical (unpaired) electrons. The van der Waals surface area contributed by atoms with Gasteiger partial charge in [-0.05, 0) is 60.4 Å². The molecule has 3 aromatic carbocycles. The van der Waals surface area contributed by atoms with Crippen LogP contribution in [0.15, 0.2) is 70.0 Å². The van der Waals surface area contributed by atoms with E-state index in [2.05, 4.69) is 34.7 Å².